The molecule has 0 aliphatic heterocycles. The number of hydrogen-bond donors (Lipinski definition) is 1. The van der Waals surface area contributed by atoms with Crippen molar-refractivity contribution >= 4 is 0 Å². The Morgan fingerprint density at radius 1 is 1.57 bits per heavy atom. The second-order valence-electron chi connectivity index (χ2n) is 2.93. The molecule has 0 saturated carbocycles. The summed E-state index contributed by atoms with van der Waals surface area (Å²) in [5.41, 5.74) is -0.307. The zero-order valence-corrected chi connectivity index (χ0v) is 7.91. The van der Waals surface area contributed by atoms with Crippen LogP contribution < -0.4 is 11.2 Å². The molecule has 5 nitrogen and oxygen atoms in total. The average molecular weight is 193 g/mol. The third-order valence-corrected chi connectivity index (χ3v) is 1.82. The fourth-order valence-corrected chi connectivity index (χ4v) is 1.19. The number of aryl methyl sites for hydroxylation is 1. The predicted octanol–water partition coefficient (Wildman–Crippen LogP) is 0.0127. The smallest absolute Gasteiger partial charge is 0.311 e. The third kappa shape index (κ3) is 2.10. The lowest BCUT2D eigenvalue weighted by Gasteiger charge is -2.01. The molecule has 0 aromatic carbocycles. The first-order valence-corrected chi connectivity index (χ1v) is 4.39. The summed E-state index contributed by atoms with van der Waals surface area (Å²) in [6.45, 7) is 1.75. The predicted molar refractivity (Wildman–Crippen MR) is 50.9 cm³/mol. The van der Waals surface area contributed by atoms with Gasteiger partial charge in [-0.3, -0.25) is 4.79 Å². The Morgan fingerprint density at radius 2 is 2.29 bits per heavy atom. The van der Waals surface area contributed by atoms with E-state index in [0.717, 1.165) is 11.0 Å². The van der Waals surface area contributed by atoms with Crippen LogP contribution in [-0.2, 0) is 13.0 Å². The Bertz CT molecular complexity index is 433. The molecule has 0 aliphatic rings. The Labute approximate surface area is 80.6 Å². The molecular weight excluding hydrogens is 182 g/mol. The highest BCUT2D eigenvalue weighted by Crippen LogP contribution is 1.91. The van der Waals surface area contributed by atoms with Crippen molar-refractivity contribution in [1.29, 1.82) is 5.26 Å². The molecule has 0 atom stereocenters. The van der Waals surface area contributed by atoms with Gasteiger partial charge in [0.2, 0.25) is 0 Å². The maximum absolute atomic E-state index is 11.3. The molecule has 0 unspecified atom stereocenters. The summed E-state index contributed by atoms with van der Waals surface area (Å²) in [5, 5.41) is 8.38. The molecule has 0 spiro atoms. The van der Waals surface area contributed by atoms with Gasteiger partial charge < -0.3 is 4.98 Å². The summed E-state index contributed by atoms with van der Waals surface area (Å²) in [7, 11) is 0. The number of H-pyrrole nitrogens is 1. The fraction of sp³-hybridized carbons (Fsp3) is 0.444. The second-order valence-corrected chi connectivity index (χ2v) is 2.93. The molecule has 5 heteroatoms. The first-order valence-electron chi connectivity index (χ1n) is 4.39. The van der Waals surface area contributed by atoms with Crippen molar-refractivity contribution in [1.82, 2.24) is 9.55 Å². The van der Waals surface area contributed by atoms with Gasteiger partial charge in [-0.25, -0.2) is 9.36 Å². The number of nitrogens with zero attached hydrogens (tertiary/aromatic N) is 2. The second kappa shape index (κ2) is 4.42. The minimum absolute atomic E-state index is 0.208. The van der Waals surface area contributed by atoms with E-state index in [9.17, 15) is 9.59 Å². The molecule has 14 heavy (non-hydrogen) atoms. The van der Waals surface area contributed by atoms with E-state index in [4.69, 9.17) is 5.26 Å². The van der Waals surface area contributed by atoms with Crippen LogP contribution in [-0.4, -0.2) is 9.55 Å². The van der Waals surface area contributed by atoms with E-state index in [0.29, 0.717) is 12.1 Å². The molecule has 74 valence electrons. The fourth-order valence-electron chi connectivity index (χ4n) is 1.19. The van der Waals surface area contributed by atoms with Crippen LogP contribution in [0.15, 0.2) is 15.7 Å². The van der Waals surface area contributed by atoms with E-state index in [1.165, 1.54) is 6.07 Å². The number of nitrogens with one attached hydrogen (secondary N) is 1. The largest absolute Gasteiger partial charge is 0.329 e. The van der Waals surface area contributed by atoms with Crippen molar-refractivity contribution in [2.24, 2.45) is 0 Å². The Kier molecular flexibility index (Phi) is 3.24. The van der Waals surface area contributed by atoms with Crippen LogP contribution in [0.4, 0.5) is 0 Å². The lowest BCUT2D eigenvalue weighted by molar-refractivity contribution is 0.701. The minimum Gasteiger partial charge on any atom is -0.311 e. The van der Waals surface area contributed by atoms with Gasteiger partial charge in [0.25, 0.3) is 5.56 Å². The summed E-state index contributed by atoms with van der Waals surface area (Å²) in [4.78, 5) is 25.2. The van der Waals surface area contributed by atoms with Crippen molar-refractivity contribution in [2.75, 3.05) is 0 Å². The number of nitriles is 1. The maximum atomic E-state index is 11.3. The van der Waals surface area contributed by atoms with Crippen molar-refractivity contribution in [3.63, 3.8) is 0 Å². The average Bonchev–Trinajstić information content (AvgIpc) is 2.12. The zero-order valence-electron chi connectivity index (χ0n) is 7.91. The van der Waals surface area contributed by atoms with E-state index in [2.05, 4.69) is 4.98 Å². The van der Waals surface area contributed by atoms with Gasteiger partial charge in [-0.1, -0.05) is 13.3 Å². The monoisotopic (exact) mass is 193 g/mol. The van der Waals surface area contributed by atoms with Crippen LogP contribution in [0.5, 0.6) is 0 Å². The maximum Gasteiger partial charge on any atom is 0.329 e. The highest BCUT2D eigenvalue weighted by atomic mass is 16.2. The van der Waals surface area contributed by atoms with Crippen LogP contribution in [0.2, 0.25) is 0 Å². The molecule has 0 radical (unpaired) electrons. The van der Waals surface area contributed by atoms with Crippen molar-refractivity contribution in [3.8, 4) is 6.07 Å². The van der Waals surface area contributed by atoms with Gasteiger partial charge in [0.05, 0.1) is 6.07 Å². The first kappa shape index (κ1) is 10.3. The van der Waals surface area contributed by atoms with Gasteiger partial charge in [-0.15, -0.1) is 0 Å². The van der Waals surface area contributed by atoms with E-state index >= 15 is 0 Å². The molecule has 0 aliphatic carbocycles. The lowest BCUT2D eigenvalue weighted by atomic mass is 10.2. The van der Waals surface area contributed by atoms with E-state index < -0.39 is 11.2 Å². The molecular formula is C9H11N3O2. The normalized spacial score (nSPS) is 9.71. The number of hydrogen-bond acceptors (Lipinski definition) is 3. The van der Waals surface area contributed by atoms with Gasteiger partial charge in [0.1, 0.15) is 6.54 Å². The zero-order chi connectivity index (χ0) is 10.6. The molecule has 0 saturated heterocycles. The Morgan fingerprint density at radius 3 is 2.79 bits per heavy atom. The summed E-state index contributed by atoms with van der Waals surface area (Å²) in [6.07, 6.45) is 1.52. The standard InChI is InChI=1S/C9H11N3O2/c1-2-3-7-6-8(13)12(5-4-10)9(14)11-7/h6H,2-3,5H2,1H3,(H,11,14). The van der Waals surface area contributed by atoms with Gasteiger partial charge in [-0.05, 0) is 6.42 Å². The van der Waals surface area contributed by atoms with Crippen LogP contribution in [0.25, 0.3) is 0 Å². The summed E-state index contributed by atoms with van der Waals surface area (Å²) >= 11 is 0. The van der Waals surface area contributed by atoms with Crippen LogP contribution >= 0.6 is 0 Å². The molecule has 1 aromatic heterocycles. The topological polar surface area (TPSA) is 78.7 Å². The van der Waals surface area contributed by atoms with E-state index in [-0.39, 0.29) is 6.54 Å². The molecule has 1 N–H and O–H groups in total. The van der Waals surface area contributed by atoms with Crippen LogP contribution in [0.1, 0.15) is 19.0 Å². The molecule has 1 aromatic rings. The molecule has 1 heterocycles. The van der Waals surface area contributed by atoms with Gasteiger partial charge in [0, 0.05) is 11.8 Å². The van der Waals surface area contributed by atoms with Crippen molar-refractivity contribution in [3.05, 3.63) is 32.6 Å². The number of rotatable bonds is 3. The lowest BCUT2D eigenvalue weighted by Crippen LogP contribution is -2.35. The highest BCUT2D eigenvalue weighted by Gasteiger charge is 2.02. The summed E-state index contributed by atoms with van der Waals surface area (Å²) in [6, 6.07) is 3.12. The number of aromatic nitrogens is 2. The minimum atomic E-state index is -0.512. The molecule has 0 fully saturated rings. The highest BCUT2D eigenvalue weighted by molar-refractivity contribution is 5.00. The van der Waals surface area contributed by atoms with Gasteiger partial charge in [0.15, 0.2) is 0 Å². The quantitative estimate of drug-likeness (QED) is 0.734. The van der Waals surface area contributed by atoms with Crippen LogP contribution in [0, 0.1) is 11.3 Å². The Hall–Kier alpha value is -1.83. The third-order valence-electron chi connectivity index (χ3n) is 1.82. The number of aromatic amines is 1. The summed E-state index contributed by atoms with van der Waals surface area (Å²) < 4.78 is 0.874. The van der Waals surface area contributed by atoms with Crippen molar-refractivity contribution in [2.45, 2.75) is 26.3 Å². The molecule has 0 bridgehead atoms. The van der Waals surface area contributed by atoms with Gasteiger partial charge >= 0.3 is 5.69 Å². The summed E-state index contributed by atoms with van der Waals surface area (Å²) in [5.74, 6) is 0. The van der Waals surface area contributed by atoms with Crippen LogP contribution in [0.3, 0.4) is 0 Å². The SMILES string of the molecule is CCCc1cc(=O)n(CC#N)c(=O)[nH]1. The Balaban J connectivity index is 3.20. The van der Waals surface area contributed by atoms with E-state index in [1.54, 1.807) is 6.07 Å². The molecule has 0 amide bonds. The van der Waals surface area contributed by atoms with Crippen molar-refractivity contribution < 1.29 is 0 Å². The molecule has 1 rings (SSSR count). The van der Waals surface area contributed by atoms with E-state index in [1.807, 2.05) is 6.92 Å². The first-order chi connectivity index (χ1) is 6.69. The van der Waals surface area contributed by atoms with Gasteiger partial charge in [-0.2, -0.15) is 5.26 Å².